The molecule has 1 aromatic carbocycles. The molecule has 0 saturated heterocycles. The van der Waals surface area contributed by atoms with E-state index >= 15 is 0 Å². The van der Waals surface area contributed by atoms with Gasteiger partial charge in [-0.05, 0) is 52.0 Å². The molecule has 10 nitrogen and oxygen atoms in total. The van der Waals surface area contributed by atoms with Gasteiger partial charge in [0, 0.05) is 20.0 Å². The number of esters is 1. The first-order chi connectivity index (χ1) is 16.0. The van der Waals surface area contributed by atoms with Crippen LogP contribution in [0.5, 0.6) is 0 Å². The Balaban J connectivity index is 2.28. The number of carbonyl (C=O) groups is 4. The van der Waals surface area contributed by atoms with Gasteiger partial charge in [-0.1, -0.05) is 30.3 Å². The topological polar surface area (TPSA) is 149 Å². The summed E-state index contributed by atoms with van der Waals surface area (Å²) in [6.45, 7) is 5.77. The lowest BCUT2D eigenvalue weighted by Crippen LogP contribution is -2.45. The third-order valence-electron chi connectivity index (χ3n) is 4.70. The molecule has 1 rings (SSSR count). The molecule has 0 aliphatic heterocycles. The van der Waals surface area contributed by atoms with Gasteiger partial charge in [-0.15, -0.1) is 0 Å². The third kappa shape index (κ3) is 12.8. The normalized spacial score (nSPS) is 12.7. The van der Waals surface area contributed by atoms with Gasteiger partial charge >= 0.3 is 12.1 Å². The number of amides is 3. The number of rotatable bonds is 13. The van der Waals surface area contributed by atoms with E-state index in [1.165, 1.54) is 7.05 Å². The second-order valence-electron chi connectivity index (χ2n) is 8.90. The van der Waals surface area contributed by atoms with Gasteiger partial charge in [-0.3, -0.25) is 14.4 Å². The molecule has 0 aliphatic carbocycles. The highest BCUT2D eigenvalue weighted by Gasteiger charge is 2.23. The van der Waals surface area contributed by atoms with E-state index in [1.54, 1.807) is 20.8 Å². The third-order valence-corrected chi connectivity index (χ3v) is 4.70. The highest BCUT2D eigenvalue weighted by atomic mass is 16.6. The predicted molar refractivity (Wildman–Crippen MR) is 128 cm³/mol. The molecule has 0 aromatic heterocycles. The van der Waals surface area contributed by atoms with Gasteiger partial charge in [0.25, 0.3) is 0 Å². The molecule has 0 saturated carbocycles. The summed E-state index contributed by atoms with van der Waals surface area (Å²) in [6.07, 6.45) is 1.21. The number of likely N-dealkylation sites (N-methyl/N-ethyl adjacent to an activating group) is 1. The maximum Gasteiger partial charge on any atom is 0.408 e. The van der Waals surface area contributed by atoms with Crippen molar-refractivity contribution < 1.29 is 28.7 Å². The number of nitrogens with one attached hydrogen (secondary N) is 3. The Morgan fingerprint density at radius 3 is 2.32 bits per heavy atom. The summed E-state index contributed by atoms with van der Waals surface area (Å²) in [7, 11) is 1.49. The molecule has 3 amide bonds. The zero-order valence-electron chi connectivity index (χ0n) is 20.5. The molecule has 0 aliphatic rings. The Morgan fingerprint density at radius 1 is 1.03 bits per heavy atom. The van der Waals surface area contributed by atoms with E-state index in [0.29, 0.717) is 25.8 Å². The van der Waals surface area contributed by atoms with Crippen LogP contribution in [0.25, 0.3) is 0 Å². The number of benzene rings is 1. The maximum absolute atomic E-state index is 12.1. The summed E-state index contributed by atoms with van der Waals surface area (Å²) in [6, 6.07) is 7.64. The quantitative estimate of drug-likeness (QED) is 0.249. The summed E-state index contributed by atoms with van der Waals surface area (Å²) < 4.78 is 10.4. The molecular weight excluding hydrogens is 440 g/mol. The van der Waals surface area contributed by atoms with Gasteiger partial charge < -0.3 is 31.2 Å². The number of alkyl carbamates (subject to hydrolysis) is 1. The highest BCUT2D eigenvalue weighted by molar-refractivity contribution is 5.85. The second-order valence-corrected chi connectivity index (χ2v) is 8.90. The molecular formula is C24H38N4O6. The molecule has 5 N–H and O–H groups in total. The van der Waals surface area contributed by atoms with Crippen LogP contribution in [0.1, 0.15) is 58.4 Å². The van der Waals surface area contributed by atoms with Gasteiger partial charge in [-0.25, -0.2) is 4.79 Å². The molecule has 1 aromatic rings. The van der Waals surface area contributed by atoms with Crippen LogP contribution in [-0.4, -0.2) is 55.2 Å². The van der Waals surface area contributed by atoms with Gasteiger partial charge in [0.15, 0.2) is 0 Å². The molecule has 2 atom stereocenters. The molecule has 0 spiro atoms. The first-order valence-corrected chi connectivity index (χ1v) is 11.5. The summed E-state index contributed by atoms with van der Waals surface area (Å²) in [4.78, 5) is 48.0. The SMILES string of the molecule is CNC(=O)[C@H](CCCCNC(=O)CC[C@@H](N)C(=O)OC(C)(C)C)NC(=O)OCc1ccccc1. The first kappa shape index (κ1) is 28.9. The fourth-order valence-corrected chi connectivity index (χ4v) is 2.92. The fourth-order valence-electron chi connectivity index (χ4n) is 2.92. The zero-order valence-corrected chi connectivity index (χ0v) is 20.5. The first-order valence-electron chi connectivity index (χ1n) is 11.5. The highest BCUT2D eigenvalue weighted by Crippen LogP contribution is 2.10. The predicted octanol–water partition coefficient (Wildman–Crippen LogP) is 1.76. The minimum absolute atomic E-state index is 0.107. The Bertz CT molecular complexity index is 794. The number of ether oxygens (including phenoxy) is 2. The van der Waals surface area contributed by atoms with Crippen molar-refractivity contribution in [1.82, 2.24) is 16.0 Å². The van der Waals surface area contributed by atoms with E-state index in [4.69, 9.17) is 15.2 Å². The number of hydrogen-bond donors (Lipinski definition) is 4. The Morgan fingerprint density at radius 2 is 1.71 bits per heavy atom. The van der Waals surface area contributed by atoms with E-state index in [-0.39, 0.29) is 31.3 Å². The summed E-state index contributed by atoms with van der Waals surface area (Å²) in [5, 5.41) is 7.87. The van der Waals surface area contributed by atoms with Crippen molar-refractivity contribution in [2.24, 2.45) is 5.73 Å². The van der Waals surface area contributed by atoms with Gasteiger partial charge in [0.1, 0.15) is 24.3 Å². The zero-order chi connectivity index (χ0) is 25.6. The van der Waals surface area contributed by atoms with Crippen LogP contribution in [0.2, 0.25) is 0 Å². The van der Waals surface area contributed by atoms with Crippen LogP contribution < -0.4 is 21.7 Å². The standard InChI is InChI=1S/C24H38N4O6/c1-24(2,3)34-22(31)18(25)13-14-20(29)27-15-9-8-12-19(21(30)26-4)28-23(32)33-16-17-10-6-5-7-11-17/h5-7,10-11,18-19H,8-9,12-16,25H2,1-4H3,(H,26,30)(H,27,29)(H,28,32)/t18-,19+/m1/s1. The molecule has 10 heteroatoms. The fraction of sp³-hybridized carbons (Fsp3) is 0.583. The lowest BCUT2D eigenvalue weighted by molar-refractivity contribution is -0.156. The van der Waals surface area contributed by atoms with E-state index in [2.05, 4.69) is 16.0 Å². The van der Waals surface area contributed by atoms with Crippen molar-refractivity contribution in [3.63, 3.8) is 0 Å². The van der Waals surface area contributed by atoms with Crippen molar-refractivity contribution in [2.45, 2.75) is 77.2 Å². The molecule has 34 heavy (non-hydrogen) atoms. The van der Waals surface area contributed by atoms with Crippen LogP contribution in [-0.2, 0) is 30.5 Å². The number of unbranched alkanes of at least 4 members (excludes halogenated alkanes) is 1. The smallest absolute Gasteiger partial charge is 0.408 e. The number of hydrogen-bond acceptors (Lipinski definition) is 7. The van der Waals surface area contributed by atoms with Crippen LogP contribution in [0.3, 0.4) is 0 Å². The van der Waals surface area contributed by atoms with Crippen molar-refractivity contribution in [3.05, 3.63) is 35.9 Å². The lowest BCUT2D eigenvalue weighted by Gasteiger charge is -2.22. The summed E-state index contributed by atoms with van der Waals surface area (Å²) in [5.74, 6) is -1.07. The summed E-state index contributed by atoms with van der Waals surface area (Å²) >= 11 is 0. The molecule has 0 unspecified atom stereocenters. The van der Waals surface area contributed by atoms with Crippen molar-refractivity contribution in [1.29, 1.82) is 0 Å². The van der Waals surface area contributed by atoms with Gasteiger partial charge in [-0.2, -0.15) is 0 Å². The monoisotopic (exact) mass is 478 g/mol. The maximum atomic E-state index is 12.1. The van der Waals surface area contributed by atoms with Gasteiger partial charge in [0.05, 0.1) is 0 Å². The number of carbonyl (C=O) groups excluding carboxylic acids is 4. The minimum Gasteiger partial charge on any atom is -0.459 e. The lowest BCUT2D eigenvalue weighted by atomic mass is 10.1. The summed E-state index contributed by atoms with van der Waals surface area (Å²) in [5.41, 5.74) is 6.00. The molecule has 190 valence electrons. The van der Waals surface area contributed by atoms with Crippen molar-refractivity contribution in [2.75, 3.05) is 13.6 Å². The Hall–Kier alpha value is -3.14. The molecule has 0 bridgehead atoms. The van der Waals surface area contributed by atoms with Crippen LogP contribution in [0.4, 0.5) is 4.79 Å². The van der Waals surface area contributed by atoms with Crippen LogP contribution in [0.15, 0.2) is 30.3 Å². The molecule has 0 heterocycles. The average molecular weight is 479 g/mol. The second kappa shape index (κ2) is 14.9. The average Bonchev–Trinajstić information content (AvgIpc) is 2.79. The van der Waals surface area contributed by atoms with E-state index < -0.39 is 29.7 Å². The van der Waals surface area contributed by atoms with E-state index in [9.17, 15) is 19.2 Å². The van der Waals surface area contributed by atoms with Crippen LogP contribution >= 0.6 is 0 Å². The molecule has 0 fully saturated rings. The van der Waals surface area contributed by atoms with Crippen molar-refractivity contribution >= 4 is 23.9 Å². The molecule has 0 radical (unpaired) electrons. The minimum atomic E-state index is -0.856. The van der Waals surface area contributed by atoms with Gasteiger partial charge in [0.2, 0.25) is 11.8 Å². The Kier molecular flexibility index (Phi) is 12.7. The van der Waals surface area contributed by atoms with Crippen molar-refractivity contribution in [3.8, 4) is 0 Å². The Labute approximate surface area is 201 Å². The largest absolute Gasteiger partial charge is 0.459 e. The van der Waals surface area contributed by atoms with E-state index in [0.717, 1.165) is 5.56 Å². The number of nitrogens with two attached hydrogens (primary N) is 1. The van der Waals surface area contributed by atoms with E-state index in [1.807, 2.05) is 30.3 Å². The van der Waals surface area contributed by atoms with Crippen LogP contribution in [0, 0.1) is 0 Å².